The minimum absolute atomic E-state index is 0.0265. The number of nitrogens with one attached hydrogen (secondary N) is 1. The van der Waals surface area contributed by atoms with Gasteiger partial charge in [-0.1, -0.05) is 24.3 Å². The molecule has 2 aromatic carbocycles. The van der Waals surface area contributed by atoms with Crippen molar-refractivity contribution in [3.63, 3.8) is 0 Å². The monoisotopic (exact) mass is 403 g/mol. The fourth-order valence-corrected chi connectivity index (χ4v) is 4.43. The molecule has 0 unspecified atom stereocenters. The number of rotatable bonds is 6. The SMILES string of the molecule is COc1ccccc1CCC(=O)N[C@H]1CCCc2c1cnn2-c1cc(C)cc(C)c1. The lowest BCUT2D eigenvalue weighted by atomic mass is 9.92. The van der Waals surface area contributed by atoms with Crippen LogP contribution in [0.4, 0.5) is 0 Å². The van der Waals surface area contributed by atoms with E-state index in [2.05, 4.69) is 42.5 Å². The largest absolute Gasteiger partial charge is 0.496 e. The third-order valence-corrected chi connectivity index (χ3v) is 5.78. The maximum Gasteiger partial charge on any atom is 0.220 e. The van der Waals surface area contributed by atoms with Crippen LogP contribution in [0.25, 0.3) is 5.69 Å². The lowest BCUT2D eigenvalue weighted by Gasteiger charge is -2.24. The summed E-state index contributed by atoms with van der Waals surface area (Å²) in [5.74, 6) is 0.901. The standard InChI is InChI=1S/C25H29N3O2/c1-17-13-18(2)15-20(14-17)28-23-9-6-8-22(21(23)16-26-28)27-25(29)12-11-19-7-4-5-10-24(19)30-3/h4-5,7,10,13-16,22H,6,8-9,11-12H2,1-3H3,(H,27,29)/t22-/m0/s1. The summed E-state index contributed by atoms with van der Waals surface area (Å²) in [5.41, 5.74) is 6.96. The molecule has 1 aromatic heterocycles. The van der Waals surface area contributed by atoms with Crippen LogP contribution in [0.5, 0.6) is 5.75 Å². The predicted molar refractivity (Wildman–Crippen MR) is 118 cm³/mol. The number of methoxy groups -OCH3 is 1. The van der Waals surface area contributed by atoms with Crippen LogP contribution in [-0.2, 0) is 17.6 Å². The molecule has 0 radical (unpaired) electrons. The molecule has 30 heavy (non-hydrogen) atoms. The fraction of sp³-hybridized carbons (Fsp3) is 0.360. The van der Waals surface area contributed by atoms with Gasteiger partial charge >= 0.3 is 0 Å². The number of carbonyl (C=O) groups excluding carboxylic acids is 1. The van der Waals surface area contributed by atoms with Crippen LogP contribution in [0.3, 0.4) is 0 Å². The lowest BCUT2D eigenvalue weighted by Crippen LogP contribution is -2.31. The number of ether oxygens (including phenoxy) is 1. The Balaban J connectivity index is 1.47. The van der Waals surface area contributed by atoms with Gasteiger partial charge in [0.05, 0.1) is 25.0 Å². The van der Waals surface area contributed by atoms with Gasteiger partial charge in [0.2, 0.25) is 5.91 Å². The Hall–Kier alpha value is -3.08. The van der Waals surface area contributed by atoms with Crippen molar-refractivity contribution in [2.75, 3.05) is 7.11 Å². The Morgan fingerprint density at radius 1 is 1.20 bits per heavy atom. The second-order valence-corrected chi connectivity index (χ2v) is 8.13. The van der Waals surface area contributed by atoms with E-state index in [0.717, 1.165) is 41.8 Å². The van der Waals surface area contributed by atoms with Crippen molar-refractivity contribution >= 4 is 5.91 Å². The summed E-state index contributed by atoms with van der Waals surface area (Å²) in [7, 11) is 1.66. The number of amides is 1. The van der Waals surface area contributed by atoms with Crippen LogP contribution >= 0.6 is 0 Å². The van der Waals surface area contributed by atoms with Gasteiger partial charge in [-0.3, -0.25) is 4.79 Å². The molecule has 0 aliphatic heterocycles. The first kappa shape index (κ1) is 20.2. The first-order valence-electron chi connectivity index (χ1n) is 10.6. The smallest absolute Gasteiger partial charge is 0.220 e. The number of hydrogen-bond acceptors (Lipinski definition) is 3. The van der Waals surface area contributed by atoms with Gasteiger partial charge in [0, 0.05) is 17.7 Å². The lowest BCUT2D eigenvalue weighted by molar-refractivity contribution is -0.121. The van der Waals surface area contributed by atoms with Gasteiger partial charge in [-0.2, -0.15) is 5.10 Å². The molecule has 0 spiro atoms. The summed E-state index contributed by atoms with van der Waals surface area (Å²) >= 11 is 0. The van der Waals surface area contributed by atoms with Crippen LogP contribution in [0, 0.1) is 13.8 Å². The molecule has 1 aliphatic carbocycles. The molecule has 5 nitrogen and oxygen atoms in total. The zero-order valence-electron chi connectivity index (χ0n) is 17.9. The first-order chi connectivity index (χ1) is 14.5. The number of para-hydroxylation sites is 1. The van der Waals surface area contributed by atoms with Crippen molar-refractivity contribution in [1.82, 2.24) is 15.1 Å². The average Bonchev–Trinajstić information content (AvgIpc) is 3.17. The highest BCUT2D eigenvalue weighted by Gasteiger charge is 2.26. The maximum absolute atomic E-state index is 12.7. The van der Waals surface area contributed by atoms with Gasteiger partial charge < -0.3 is 10.1 Å². The van der Waals surface area contributed by atoms with E-state index in [1.807, 2.05) is 35.1 Å². The number of benzene rings is 2. The zero-order chi connectivity index (χ0) is 21.1. The number of carbonyl (C=O) groups is 1. The minimum atomic E-state index is 0.0265. The molecule has 156 valence electrons. The van der Waals surface area contributed by atoms with Crippen LogP contribution < -0.4 is 10.1 Å². The number of hydrogen-bond donors (Lipinski definition) is 1. The van der Waals surface area contributed by atoms with E-state index < -0.39 is 0 Å². The Morgan fingerprint density at radius 3 is 2.73 bits per heavy atom. The summed E-state index contributed by atoms with van der Waals surface area (Å²) in [6, 6.07) is 14.4. The number of fused-ring (bicyclic) bond motifs is 1. The van der Waals surface area contributed by atoms with E-state index >= 15 is 0 Å². The zero-order valence-corrected chi connectivity index (χ0v) is 17.9. The van der Waals surface area contributed by atoms with E-state index in [-0.39, 0.29) is 11.9 Å². The molecule has 1 aliphatic rings. The Morgan fingerprint density at radius 2 is 1.97 bits per heavy atom. The molecule has 3 aromatic rings. The van der Waals surface area contributed by atoms with Gasteiger partial charge in [0.25, 0.3) is 0 Å². The van der Waals surface area contributed by atoms with Gasteiger partial charge in [-0.25, -0.2) is 4.68 Å². The molecule has 1 atom stereocenters. The molecular weight excluding hydrogens is 374 g/mol. The van der Waals surface area contributed by atoms with E-state index in [0.29, 0.717) is 12.8 Å². The normalized spacial score (nSPS) is 15.5. The van der Waals surface area contributed by atoms with Gasteiger partial charge in [0.15, 0.2) is 0 Å². The molecule has 0 bridgehead atoms. The van der Waals surface area contributed by atoms with Crippen molar-refractivity contribution in [3.05, 3.63) is 76.6 Å². The summed E-state index contributed by atoms with van der Waals surface area (Å²) in [5, 5.41) is 7.91. The predicted octanol–water partition coefficient (Wildman–Crippen LogP) is 4.62. The molecule has 4 rings (SSSR count). The second-order valence-electron chi connectivity index (χ2n) is 8.13. The fourth-order valence-electron chi connectivity index (χ4n) is 4.43. The highest BCUT2D eigenvalue weighted by molar-refractivity contribution is 5.77. The van der Waals surface area contributed by atoms with Crippen LogP contribution in [0.1, 0.15) is 53.3 Å². The van der Waals surface area contributed by atoms with Crippen molar-refractivity contribution < 1.29 is 9.53 Å². The molecule has 0 saturated carbocycles. The van der Waals surface area contributed by atoms with Gasteiger partial charge in [0.1, 0.15) is 5.75 Å². The molecule has 1 heterocycles. The maximum atomic E-state index is 12.7. The number of nitrogens with zero attached hydrogens (tertiary/aromatic N) is 2. The van der Waals surface area contributed by atoms with E-state index in [1.165, 1.54) is 16.8 Å². The molecule has 1 N–H and O–H groups in total. The molecule has 0 saturated heterocycles. The Labute approximate surface area is 178 Å². The van der Waals surface area contributed by atoms with Crippen molar-refractivity contribution in [1.29, 1.82) is 0 Å². The molecular formula is C25H29N3O2. The Kier molecular flexibility index (Phi) is 5.88. The number of aromatic nitrogens is 2. The van der Waals surface area contributed by atoms with Crippen LogP contribution in [0.15, 0.2) is 48.7 Å². The van der Waals surface area contributed by atoms with Crippen molar-refractivity contribution in [3.8, 4) is 11.4 Å². The topological polar surface area (TPSA) is 56.1 Å². The third-order valence-electron chi connectivity index (χ3n) is 5.78. The number of aryl methyl sites for hydroxylation is 3. The minimum Gasteiger partial charge on any atom is -0.496 e. The van der Waals surface area contributed by atoms with E-state index in [1.54, 1.807) is 7.11 Å². The summed E-state index contributed by atoms with van der Waals surface area (Å²) in [6.07, 6.45) is 6.01. The van der Waals surface area contributed by atoms with Crippen molar-refractivity contribution in [2.45, 2.75) is 52.0 Å². The average molecular weight is 404 g/mol. The molecule has 0 fully saturated rings. The third kappa shape index (κ3) is 4.25. The molecule has 5 heteroatoms. The van der Waals surface area contributed by atoms with Crippen molar-refractivity contribution in [2.24, 2.45) is 0 Å². The molecule has 1 amide bonds. The van der Waals surface area contributed by atoms with Crippen LogP contribution in [-0.4, -0.2) is 22.8 Å². The highest BCUT2D eigenvalue weighted by Crippen LogP contribution is 2.31. The van der Waals surface area contributed by atoms with Gasteiger partial charge in [-0.15, -0.1) is 0 Å². The summed E-state index contributed by atoms with van der Waals surface area (Å²) in [6.45, 7) is 4.22. The van der Waals surface area contributed by atoms with Crippen LogP contribution in [0.2, 0.25) is 0 Å². The Bertz CT molecular complexity index is 1030. The highest BCUT2D eigenvalue weighted by atomic mass is 16.5. The van der Waals surface area contributed by atoms with E-state index in [4.69, 9.17) is 4.74 Å². The van der Waals surface area contributed by atoms with E-state index in [9.17, 15) is 4.79 Å². The quantitative estimate of drug-likeness (QED) is 0.653. The second kappa shape index (κ2) is 8.74. The van der Waals surface area contributed by atoms with Gasteiger partial charge in [-0.05, 0) is 74.4 Å². The summed E-state index contributed by atoms with van der Waals surface area (Å²) < 4.78 is 7.44. The summed E-state index contributed by atoms with van der Waals surface area (Å²) in [4.78, 5) is 12.7. The first-order valence-corrected chi connectivity index (χ1v) is 10.6.